The lowest BCUT2D eigenvalue weighted by atomic mass is 10.0. The van der Waals surface area contributed by atoms with Crippen LogP contribution in [0, 0.1) is 5.92 Å². The van der Waals surface area contributed by atoms with Crippen molar-refractivity contribution in [2.24, 2.45) is 5.92 Å². The third-order valence-electron chi connectivity index (χ3n) is 3.28. The molecule has 0 amide bonds. The summed E-state index contributed by atoms with van der Waals surface area (Å²) < 4.78 is 21.8. The first-order chi connectivity index (χ1) is 7.03. The van der Waals surface area contributed by atoms with Crippen molar-refractivity contribution in [2.75, 3.05) is 18.6 Å². The van der Waals surface area contributed by atoms with Crippen LogP contribution < -0.4 is 5.32 Å². The normalized spacial score (nSPS) is 27.1. The van der Waals surface area contributed by atoms with Gasteiger partial charge in [0.2, 0.25) is 0 Å². The van der Waals surface area contributed by atoms with Crippen LogP contribution in [0.4, 0.5) is 0 Å². The van der Waals surface area contributed by atoms with Crippen LogP contribution in [0.1, 0.15) is 39.0 Å². The Morgan fingerprint density at radius 3 is 2.67 bits per heavy atom. The zero-order valence-electron chi connectivity index (χ0n) is 9.83. The third kappa shape index (κ3) is 4.98. The molecule has 2 atom stereocenters. The Hall–Kier alpha value is -0.0900. The van der Waals surface area contributed by atoms with Crippen molar-refractivity contribution >= 4 is 9.84 Å². The molecule has 0 radical (unpaired) electrons. The van der Waals surface area contributed by atoms with Gasteiger partial charge in [0.05, 0.1) is 5.75 Å². The molecule has 1 aliphatic carbocycles. The number of hydrogen-bond donors (Lipinski definition) is 1. The second-order valence-electron chi connectivity index (χ2n) is 4.64. The molecule has 2 unspecified atom stereocenters. The van der Waals surface area contributed by atoms with Gasteiger partial charge in [-0.15, -0.1) is 0 Å². The maximum atomic E-state index is 10.9. The monoisotopic (exact) mass is 233 g/mol. The quantitative estimate of drug-likeness (QED) is 0.709. The van der Waals surface area contributed by atoms with E-state index in [1.807, 2.05) is 0 Å². The van der Waals surface area contributed by atoms with Crippen LogP contribution in [0.15, 0.2) is 0 Å². The van der Waals surface area contributed by atoms with E-state index in [4.69, 9.17) is 0 Å². The van der Waals surface area contributed by atoms with Crippen LogP contribution in [0.3, 0.4) is 0 Å². The zero-order valence-corrected chi connectivity index (χ0v) is 10.6. The number of hydrogen-bond acceptors (Lipinski definition) is 3. The van der Waals surface area contributed by atoms with Gasteiger partial charge in [-0.05, 0) is 31.7 Å². The maximum Gasteiger partial charge on any atom is 0.147 e. The smallest absolute Gasteiger partial charge is 0.147 e. The minimum absolute atomic E-state index is 0.309. The van der Waals surface area contributed by atoms with E-state index in [1.54, 1.807) is 0 Å². The molecule has 3 nitrogen and oxygen atoms in total. The molecule has 0 aromatic heterocycles. The van der Waals surface area contributed by atoms with Crippen molar-refractivity contribution in [1.82, 2.24) is 5.32 Å². The first kappa shape index (κ1) is 13.0. The van der Waals surface area contributed by atoms with Crippen LogP contribution in [0.2, 0.25) is 0 Å². The van der Waals surface area contributed by atoms with E-state index in [1.165, 1.54) is 31.9 Å². The lowest BCUT2D eigenvalue weighted by Crippen LogP contribution is -2.33. The van der Waals surface area contributed by atoms with Crippen molar-refractivity contribution < 1.29 is 8.42 Å². The molecule has 15 heavy (non-hydrogen) atoms. The molecule has 90 valence electrons. The van der Waals surface area contributed by atoms with Crippen molar-refractivity contribution in [3.63, 3.8) is 0 Å². The van der Waals surface area contributed by atoms with Gasteiger partial charge in [0.25, 0.3) is 0 Å². The molecule has 0 aromatic rings. The van der Waals surface area contributed by atoms with Crippen LogP contribution >= 0.6 is 0 Å². The molecular formula is C11H23NO2S. The molecule has 1 saturated carbocycles. The summed E-state index contributed by atoms with van der Waals surface area (Å²) >= 11 is 0. The molecule has 0 saturated heterocycles. The van der Waals surface area contributed by atoms with Gasteiger partial charge >= 0.3 is 0 Å². The molecule has 1 fully saturated rings. The highest BCUT2D eigenvalue weighted by Crippen LogP contribution is 2.27. The Morgan fingerprint density at radius 1 is 1.33 bits per heavy atom. The molecule has 1 N–H and O–H groups in total. The summed E-state index contributed by atoms with van der Waals surface area (Å²) in [5, 5.41) is 3.49. The lowest BCUT2D eigenvalue weighted by Gasteiger charge is -2.19. The van der Waals surface area contributed by atoms with E-state index in [0.717, 1.165) is 18.9 Å². The highest BCUT2D eigenvalue weighted by molar-refractivity contribution is 7.90. The number of sulfone groups is 1. The highest BCUT2D eigenvalue weighted by atomic mass is 32.2. The zero-order chi connectivity index (χ0) is 11.3. The fourth-order valence-electron chi connectivity index (χ4n) is 2.42. The van der Waals surface area contributed by atoms with Gasteiger partial charge in [0, 0.05) is 12.3 Å². The predicted molar refractivity (Wildman–Crippen MR) is 63.8 cm³/mol. The molecule has 1 aliphatic rings. The lowest BCUT2D eigenvalue weighted by molar-refractivity contribution is 0.391. The summed E-state index contributed by atoms with van der Waals surface area (Å²) in [7, 11) is -2.78. The molecule has 0 aliphatic heterocycles. The van der Waals surface area contributed by atoms with Gasteiger partial charge in [-0.2, -0.15) is 0 Å². The van der Waals surface area contributed by atoms with E-state index in [2.05, 4.69) is 12.2 Å². The fraction of sp³-hybridized carbons (Fsp3) is 1.00. The first-order valence-corrected chi connectivity index (χ1v) is 8.00. The van der Waals surface area contributed by atoms with Crippen LogP contribution in [-0.4, -0.2) is 33.0 Å². The standard InChI is InChI=1S/C11H23NO2S/c1-3-10-6-4-7-11(10)12-8-5-9-15(2,13)14/h10-12H,3-9H2,1-2H3. The van der Waals surface area contributed by atoms with Gasteiger partial charge < -0.3 is 5.32 Å². The summed E-state index contributed by atoms with van der Waals surface area (Å²) in [6.45, 7) is 3.08. The highest BCUT2D eigenvalue weighted by Gasteiger charge is 2.24. The van der Waals surface area contributed by atoms with Gasteiger partial charge in [0.15, 0.2) is 0 Å². The van der Waals surface area contributed by atoms with Gasteiger partial charge in [0.1, 0.15) is 9.84 Å². The molecule has 4 heteroatoms. The Bertz CT molecular complexity index is 274. The SMILES string of the molecule is CCC1CCCC1NCCCS(C)(=O)=O. The second-order valence-corrected chi connectivity index (χ2v) is 6.90. The molecule has 0 aromatic carbocycles. The Kier molecular flexibility index (Phi) is 5.06. The Balaban J connectivity index is 2.15. The molecular weight excluding hydrogens is 210 g/mol. The van der Waals surface area contributed by atoms with E-state index in [9.17, 15) is 8.42 Å². The van der Waals surface area contributed by atoms with E-state index < -0.39 is 9.84 Å². The summed E-state index contributed by atoms with van der Waals surface area (Å²) in [6.07, 6.45) is 7.20. The predicted octanol–water partition coefficient (Wildman–Crippen LogP) is 1.59. The Morgan fingerprint density at radius 2 is 2.07 bits per heavy atom. The topological polar surface area (TPSA) is 46.2 Å². The van der Waals surface area contributed by atoms with Crippen LogP contribution in [-0.2, 0) is 9.84 Å². The van der Waals surface area contributed by atoms with Crippen molar-refractivity contribution in [2.45, 2.75) is 45.1 Å². The van der Waals surface area contributed by atoms with E-state index in [-0.39, 0.29) is 0 Å². The maximum absolute atomic E-state index is 10.9. The van der Waals surface area contributed by atoms with Crippen LogP contribution in [0.25, 0.3) is 0 Å². The third-order valence-corrected chi connectivity index (χ3v) is 4.31. The minimum Gasteiger partial charge on any atom is -0.314 e. The number of nitrogens with one attached hydrogen (secondary N) is 1. The summed E-state index contributed by atoms with van der Waals surface area (Å²) in [5.74, 6) is 1.12. The Labute approximate surface area is 93.6 Å². The first-order valence-electron chi connectivity index (χ1n) is 5.94. The minimum atomic E-state index is -2.78. The average Bonchev–Trinajstić information content (AvgIpc) is 2.58. The fourth-order valence-corrected chi connectivity index (χ4v) is 3.08. The van der Waals surface area contributed by atoms with Gasteiger partial charge in [-0.3, -0.25) is 0 Å². The molecule has 0 spiro atoms. The summed E-state index contributed by atoms with van der Waals surface area (Å²) in [5.41, 5.74) is 0. The van der Waals surface area contributed by atoms with Crippen LogP contribution in [0.5, 0.6) is 0 Å². The summed E-state index contributed by atoms with van der Waals surface area (Å²) in [4.78, 5) is 0. The van der Waals surface area contributed by atoms with E-state index in [0.29, 0.717) is 11.8 Å². The van der Waals surface area contributed by atoms with E-state index >= 15 is 0 Å². The van der Waals surface area contributed by atoms with Crippen molar-refractivity contribution in [1.29, 1.82) is 0 Å². The van der Waals surface area contributed by atoms with Gasteiger partial charge in [-0.1, -0.05) is 19.8 Å². The molecule has 1 rings (SSSR count). The molecule has 0 heterocycles. The number of rotatable bonds is 6. The summed E-state index contributed by atoms with van der Waals surface area (Å²) in [6, 6.07) is 0.634. The van der Waals surface area contributed by atoms with Gasteiger partial charge in [-0.25, -0.2) is 8.42 Å². The second kappa shape index (κ2) is 5.85. The van der Waals surface area contributed by atoms with Crippen molar-refractivity contribution in [3.8, 4) is 0 Å². The molecule has 0 bridgehead atoms. The largest absolute Gasteiger partial charge is 0.314 e. The van der Waals surface area contributed by atoms with Crippen molar-refractivity contribution in [3.05, 3.63) is 0 Å². The average molecular weight is 233 g/mol.